The van der Waals surface area contributed by atoms with Gasteiger partial charge in [-0.25, -0.2) is 0 Å². The van der Waals surface area contributed by atoms with Crippen molar-refractivity contribution in [2.24, 2.45) is 17.8 Å². The van der Waals surface area contributed by atoms with Gasteiger partial charge >= 0.3 is 0 Å². The van der Waals surface area contributed by atoms with Crippen molar-refractivity contribution in [3.05, 3.63) is 48.0 Å². The Bertz CT molecular complexity index is 503. The molecule has 4 atom stereocenters. The van der Waals surface area contributed by atoms with Gasteiger partial charge in [0.2, 0.25) is 5.91 Å². The normalized spacial score (nSPS) is 30.7. The third-order valence-electron chi connectivity index (χ3n) is 5.00. The van der Waals surface area contributed by atoms with Crippen LogP contribution in [0.1, 0.15) is 31.7 Å². The Balaban J connectivity index is 1.92. The molecular weight excluding hydrogens is 246 g/mol. The van der Waals surface area contributed by atoms with Gasteiger partial charge in [0.05, 0.1) is 5.92 Å². The minimum atomic E-state index is 0.146. The van der Waals surface area contributed by atoms with Gasteiger partial charge in [0.25, 0.3) is 0 Å². The number of hydrogen-bond acceptors (Lipinski definition) is 1. The van der Waals surface area contributed by atoms with Crippen molar-refractivity contribution in [2.45, 2.75) is 26.2 Å². The fourth-order valence-corrected chi connectivity index (χ4v) is 4.03. The molecule has 0 N–H and O–H groups in total. The lowest BCUT2D eigenvalue weighted by atomic mass is 9.78. The van der Waals surface area contributed by atoms with Crippen molar-refractivity contribution in [3.63, 3.8) is 0 Å². The number of amides is 1. The summed E-state index contributed by atoms with van der Waals surface area (Å²) in [4.78, 5) is 14.9. The quantitative estimate of drug-likeness (QED) is 0.767. The topological polar surface area (TPSA) is 20.3 Å². The lowest BCUT2D eigenvalue weighted by Crippen LogP contribution is -2.40. The van der Waals surface area contributed by atoms with Crippen LogP contribution in [0, 0.1) is 17.8 Å². The summed E-state index contributed by atoms with van der Waals surface area (Å²) in [5.41, 5.74) is 1.33. The molecule has 0 aromatic heterocycles. The predicted molar refractivity (Wildman–Crippen MR) is 81.3 cm³/mol. The lowest BCUT2D eigenvalue weighted by Gasteiger charge is -2.32. The molecule has 1 fully saturated rings. The molecule has 2 aliphatic carbocycles. The van der Waals surface area contributed by atoms with Crippen molar-refractivity contribution < 1.29 is 4.79 Å². The molecule has 4 unspecified atom stereocenters. The molecule has 1 aromatic rings. The molecule has 0 saturated heterocycles. The third kappa shape index (κ3) is 2.07. The van der Waals surface area contributed by atoms with E-state index < -0.39 is 0 Å². The second kappa shape index (κ2) is 5.43. The highest BCUT2D eigenvalue weighted by molar-refractivity contribution is 5.81. The first-order valence-corrected chi connectivity index (χ1v) is 7.78. The number of hydrogen-bond donors (Lipinski definition) is 0. The van der Waals surface area contributed by atoms with E-state index in [1.165, 1.54) is 5.56 Å². The highest BCUT2D eigenvalue weighted by Gasteiger charge is 2.49. The first-order valence-electron chi connectivity index (χ1n) is 7.78. The zero-order chi connectivity index (χ0) is 14.1. The average molecular weight is 269 g/mol. The summed E-state index contributed by atoms with van der Waals surface area (Å²) in [6.45, 7) is 5.77. The van der Waals surface area contributed by atoms with Crippen molar-refractivity contribution in [1.29, 1.82) is 0 Å². The van der Waals surface area contributed by atoms with Crippen molar-refractivity contribution in [1.82, 2.24) is 4.90 Å². The van der Waals surface area contributed by atoms with Crippen LogP contribution in [-0.4, -0.2) is 23.9 Å². The van der Waals surface area contributed by atoms with Crippen molar-refractivity contribution in [3.8, 4) is 0 Å². The maximum Gasteiger partial charge on any atom is 0.226 e. The second-order valence-electron chi connectivity index (χ2n) is 5.92. The Hall–Kier alpha value is -1.57. The van der Waals surface area contributed by atoms with Gasteiger partial charge in [-0.2, -0.15) is 0 Å². The third-order valence-corrected chi connectivity index (χ3v) is 5.00. The van der Waals surface area contributed by atoms with E-state index in [0.29, 0.717) is 23.7 Å². The van der Waals surface area contributed by atoms with Crippen LogP contribution in [0.15, 0.2) is 42.5 Å². The maximum absolute atomic E-state index is 12.9. The Labute approximate surface area is 121 Å². The summed E-state index contributed by atoms with van der Waals surface area (Å²) >= 11 is 0. The van der Waals surface area contributed by atoms with E-state index in [1.54, 1.807) is 0 Å². The zero-order valence-electron chi connectivity index (χ0n) is 12.3. The molecule has 0 heterocycles. The molecule has 1 saturated carbocycles. The minimum Gasteiger partial charge on any atom is -0.343 e. The minimum absolute atomic E-state index is 0.146. The first-order chi connectivity index (χ1) is 9.76. The molecule has 20 heavy (non-hydrogen) atoms. The largest absolute Gasteiger partial charge is 0.343 e. The van der Waals surface area contributed by atoms with E-state index in [1.807, 2.05) is 11.0 Å². The molecule has 0 aliphatic heterocycles. The van der Waals surface area contributed by atoms with Crippen LogP contribution in [0.3, 0.4) is 0 Å². The summed E-state index contributed by atoms with van der Waals surface area (Å²) in [6, 6.07) is 10.6. The highest BCUT2D eigenvalue weighted by Crippen LogP contribution is 2.53. The van der Waals surface area contributed by atoms with E-state index in [4.69, 9.17) is 0 Å². The smallest absolute Gasteiger partial charge is 0.226 e. The number of rotatable bonds is 4. The molecule has 2 heteroatoms. The number of allylic oxidation sites excluding steroid dienone is 2. The number of fused-ring (bicyclic) bond motifs is 2. The van der Waals surface area contributed by atoms with Crippen molar-refractivity contribution >= 4 is 5.91 Å². The van der Waals surface area contributed by atoms with E-state index in [0.717, 1.165) is 19.5 Å². The Morgan fingerprint density at radius 2 is 1.75 bits per heavy atom. The number of benzene rings is 1. The Kier molecular flexibility index (Phi) is 3.64. The standard InChI is InChI=1S/C18H23NO/c1-3-19(4-2)18(20)17-15-11-10-14(12-15)16(17)13-8-6-5-7-9-13/h5-11,14-17H,3-4,12H2,1-2H3. The van der Waals surface area contributed by atoms with Gasteiger partial charge in [-0.1, -0.05) is 42.5 Å². The van der Waals surface area contributed by atoms with Crippen molar-refractivity contribution in [2.75, 3.05) is 13.1 Å². The first kappa shape index (κ1) is 13.4. The summed E-state index contributed by atoms with van der Waals surface area (Å²) in [5.74, 6) is 1.86. The molecule has 106 valence electrons. The van der Waals surface area contributed by atoms with Crippen LogP contribution in [-0.2, 0) is 4.79 Å². The highest BCUT2D eigenvalue weighted by atomic mass is 16.2. The summed E-state index contributed by atoms with van der Waals surface area (Å²) < 4.78 is 0. The van der Waals surface area contributed by atoms with Gasteiger partial charge < -0.3 is 4.90 Å². The fraction of sp³-hybridized carbons (Fsp3) is 0.500. The SMILES string of the molecule is CCN(CC)C(=O)C1C2C=CC(C2)C1c1ccccc1. The number of carbonyl (C=O) groups excluding carboxylic acids is 1. The Morgan fingerprint density at radius 3 is 2.40 bits per heavy atom. The number of nitrogens with zero attached hydrogens (tertiary/aromatic N) is 1. The number of carbonyl (C=O) groups is 1. The summed E-state index contributed by atoms with van der Waals surface area (Å²) in [6.07, 6.45) is 5.75. The van der Waals surface area contributed by atoms with Crippen LogP contribution in [0.25, 0.3) is 0 Å². The molecule has 1 amide bonds. The lowest BCUT2D eigenvalue weighted by molar-refractivity contribution is -0.136. The van der Waals surface area contributed by atoms with Crippen LogP contribution in [0.2, 0.25) is 0 Å². The van der Waals surface area contributed by atoms with E-state index in [2.05, 4.69) is 50.3 Å². The van der Waals surface area contributed by atoms with Crippen LogP contribution < -0.4 is 0 Å². The molecular formula is C18H23NO. The molecule has 3 rings (SSSR count). The Morgan fingerprint density at radius 1 is 1.10 bits per heavy atom. The van der Waals surface area contributed by atoms with Gasteiger partial charge in [0.1, 0.15) is 0 Å². The van der Waals surface area contributed by atoms with E-state index in [-0.39, 0.29) is 5.92 Å². The molecule has 2 bridgehead atoms. The maximum atomic E-state index is 12.9. The van der Waals surface area contributed by atoms with Gasteiger partial charge in [0, 0.05) is 19.0 Å². The molecule has 0 radical (unpaired) electrons. The zero-order valence-corrected chi connectivity index (χ0v) is 12.3. The van der Waals surface area contributed by atoms with Crippen LogP contribution in [0.5, 0.6) is 0 Å². The summed E-state index contributed by atoms with van der Waals surface area (Å²) in [5, 5.41) is 0. The average Bonchev–Trinajstić information content (AvgIpc) is 3.10. The second-order valence-corrected chi connectivity index (χ2v) is 5.92. The summed E-state index contributed by atoms with van der Waals surface area (Å²) in [7, 11) is 0. The van der Waals surface area contributed by atoms with Gasteiger partial charge in [-0.3, -0.25) is 4.79 Å². The van der Waals surface area contributed by atoms with Crippen LogP contribution in [0.4, 0.5) is 0 Å². The monoisotopic (exact) mass is 269 g/mol. The van der Waals surface area contributed by atoms with Gasteiger partial charge in [-0.05, 0) is 37.7 Å². The molecule has 1 aromatic carbocycles. The molecule has 2 aliphatic rings. The fourth-order valence-electron chi connectivity index (χ4n) is 4.03. The molecule has 0 spiro atoms. The van der Waals surface area contributed by atoms with Gasteiger partial charge in [-0.15, -0.1) is 0 Å². The van der Waals surface area contributed by atoms with Gasteiger partial charge in [0.15, 0.2) is 0 Å². The van der Waals surface area contributed by atoms with E-state index >= 15 is 0 Å². The predicted octanol–water partition coefficient (Wildman–Crippen LogP) is 3.46. The van der Waals surface area contributed by atoms with E-state index in [9.17, 15) is 4.79 Å². The molecule has 2 nitrogen and oxygen atoms in total. The van der Waals surface area contributed by atoms with Crippen LogP contribution >= 0.6 is 0 Å².